The molecule has 1 aliphatic heterocycles. The molecule has 194 valence electrons. The Hall–Kier alpha value is -3.58. The Labute approximate surface area is 213 Å². The monoisotopic (exact) mass is 518 g/mol. The third-order valence-corrected chi connectivity index (χ3v) is 6.35. The van der Waals surface area contributed by atoms with Crippen LogP contribution in [-0.4, -0.2) is 85.2 Å². The number of rotatable bonds is 11. The standard InChI is InChI=1S/C23H30N6O6S/c24-16(11-36)20(31)27-17(8-13-3-5-15(30)6-4-13)22(33)29-7-1-2-19(29)21(32)28-18(23(34)35)9-14-10-25-12-26-14/h3-6,10,12,16-19,30,36H,1-2,7-9,11,24H2,(H,25,26)(H,27,31)(H,28,32)(H,34,35). The predicted octanol–water partition coefficient (Wildman–Crippen LogP) is -0.797. The van der Waals surface area contributed by atoms with Gasteiger partial charge in [-0.05, 0) is 30.5 Å². The molecule has 0 spiro atoms. The summed E-state index contributed by atoms with van der Waals surface area (Å²) in [6.07, 6.45) is 3.88. The van der Waals surface area contributed by atoms with Crippen LogP contribution in [0.15, 0.2) is 36.8 Å². The third-order valence-electron chi connectivity index (χ3n) is 5.96. The number of carbonyl (C=O) groups is 4. The van der Waals surface area contributed by atoms with Gasteiger partial charge >= 0.3 is 5.97 Å². The number of thiol groups is 1. The number of carboxylic acids is 1. The van der Waals surface area contributed by atoms with Gasteiger partial charge in [0.2, 0.25) is 17.7 Å². The lowest BCUT2D eigenvalue weighted by Gasteiger charge is -2.30. The number of nitrogens with zero attached hydrogens (tertiary/aromatic N) is 2. The molecule has 0 radical (unpaired) electrons. The Balaban J connectivity index is 1.75. The summed E-state index contributed by atoms with van der Waals surface area (Å²) in [6, 6.07) is 2.13. The van der Waals surface area contributed by atoms with Crippen LogP contribution >= 0.6 is 12.6 Å². The number of aromatic amines is 1. The molecule has 12 nitrogen and oxygen atoms in total. The molecule has 1 aromatic heterocycles. The molecule has 1 saturated heterocycles. The summed E-state index contributed by atoms with van der Waals surface area (Å²) in [7, 11) is 0. The molecule has 0 bridgehead atoms. The Morgan fingerprint density at radius 1 is 1.17 bits per heavy atom. The topological polar surface area (TPSA) is 191 Å². The maximum Gasteiger partial charge on any atom is 0.326 e. The van der Waals surface area contributed by atoms with Crippen LogP contribution in [0.3, 0.4) is 0 Å². The second-order valence-electron chi connectivity index (χ2n) is 8.59. The Kier molecular flexibility index (Phi) is 9.31. The number of phenols is 1. The van der Waals surface area contributed by atoms with Gasteiger partial charge in [-0.2, -0.15) is 12.6 Å². The lowest BCUT2D eigenvalue weighted by molar-refractivity contribution is -0.144. The normalized spacial score (nSPS) is 17.7. The Morgan fingerprint density at radius 3 is 2.50 bits per heavy atom. The van der Waals surface area contributed by atoms with Crippen LogP contribution in [0.1, 0.15) is 24.1 Å². The quantitative estimate of drug-likeness (QED) is 0.188. The number of aromatic hydroxyl groups is 1. The number of H-pyrrole nitrogens is 1. The van der Waals surface area contributed by atoms with Gasteiger partial charge in [0.15, 0.2) is 0 Å². The van der Waals surface area contributed by atoms with E-state index in [0.29, 0.717) is 24.1 Å². The second kappa shape index (κ2) is 12.4. The molecule has 7 N–H and O–H groups in total. The van der Waals surface area contributed by atoms with Gasteiger partial charge in [-0.3, -0.25) is 14.4 Å². The number of amides is 3. The van der Waals surface area contributed by atoms with E-state index in [0.717, 1.165) is 0 Å². The van der Waals surface area contributed by atoms with Gasteiger partial charge in [0.05, 0.1) is 12.4 Å². The molecule has 3 rings (SSSR count). The average Bonchev–Trinajstić information content (AvgIpc) is 3.55. The summed E-state index contributed by atoms with van der Waals surface area (Å²) < 4.78 is 0. The summed E-state index contributed by atoms with van der Waals surface area (Å²) in [5, 5.41) is 24.3. The highest BCUT2D eigenvalue weighted by Crippen LogP contribution is 2.21. The van der Waals surface area contributed by atoms with Crippen molar-refractivity contribution in [2.45, 2.75) is 49.9 Å². The van der Waals surface area contributed by atoms with E-state index in [-0.39, 0.29) is 30.9 Å². The zero-order valence-electron chi connectivity index (χ0n) is 19.5. The number of nitrogens with two attached hydrogens (primary N) is 1. The second-order valence-corrected chi connectivity index (χ2v) is 8.96. The van der Waals surface area contributed by atoms with Gasteiger partial charge in [0.25, 0.3) is 0 Å². The molecule has 3 amide bonds. The highest BCUT2D eigenvalue weighted by Gasteiger charge is 2.39. The van der Waals surface area contributed by atoms with Crippen molar-refractivity contribution in [2.24, 2.45) is 5.73 Å². The predicted molar refractivity (Wildman–Crippen MR) is 132 cm³/mol. The van der Waals surface area contributed by atoms with Crippen LogP contribution in [0.5, 0.6) is 5.75 Å². The molecule has 2 heterocycles. The van der Waals surface area contributed by atoms with Crippen LogP contribution in [0.4, 0.5) is 0 Å². The molecule has 4 atom stereocenters. The zero-order valence-corrected chi connectivity index (χ0v) is 20.4. The highest BCUT2D eigenvalue weighted by molar-refractivity contribution is 7.80. The number of imidazole rings is 1. The number of aromatic nitrogens is 2. The number of hydrogen-bond donors (Lipinski definition) is 7. The number of carboxylic acid groups (broad SMARTS) is 1. The van der Waals surface area contributed by atoms with Crippen LogP contribution in [0, 0.1) is 0 Å². The molecule has 1 fully saturated rings. The number of carbonyl (C=O) groups excluding carboxylic acids is 3. The van der Waals surface area contributed by atoms with E-state index >= 15 is 0 Å². The number of hydrogen-bond acceptors (Lipinski definition) is 8. The summed E-state index contributed by atoms with van der Waals surface area (Å²) in [5.74, 6) is -2.72. The fourth-order valence-corrected chi connectivity index (χ4v) is 4.18. The molecular weight excluding hydrogens is 488 g/mol. The molecular formula is C23H30N6O6S. The lowest BCUT2D eigenvalue weighted by Crippen LogP contribution is -2.57. The smallest absolute Gasteiger partial charge is 0.326 e. The van der Waals surface area contributed by atoms with Crippen molar-refractivity contribution < 1.29 is 29.4 Å². The summed E-state index contributed by atoms with van der Waals surface area (Å²) in [5.41, 5.74) is 6.99. The number of benzene rings is 1. The maximum absolute atomic E-state index is 13.5. The van der Waals surface area contributed by atoms with Crippen molar-refractivity contribution in [1.29, 1.82) is 0 Å². The van der Waals surface area contributed by atoms with Crippen LogP contribution in [0.2, 0.25) is 0 Å². The summed E-state index contributed by atoms with van der Waals surface area (Å²) in [4.78, 5) is 58.8. The minimum Gasteiger partial charge on any atom is -0.508 e. The van der Waals surface area contributed by atoms with Crippen molar-refractivity contribution in [3.63, 3.8) is 0 Å². The molecule has 0 saturated carbocycles. The highest BCUT2D eigenvalue weighted by atomic mass is 32.1. The van der Waals surface area contributed by atoms with Gasteiger partial charge in [0, 0.05) is 37.0 Å². The third kappa shape index (κ3) is 6.98. The average molecular weight is 519 g/mol. The van der Waals surface area contributed by atoms with E-state index in [1.165, 1.54) is 29.6 Å². The molecule has 13 heteroatoms. The molecule has 2 aromatic rings. The van der Waals surface area contributed by atoms with E-state index < -0.39 is 47.9 Å². The van der Waals surface area contributed by atoms with Crippen LogP contribution in [-0.2, 0) is 32.0 Å². The fraction of sp³-hybridized carbons (Fsp3) is 0.435. The first-order valence-corrected chi connectivity index (χ1v) is 12.1. The van der Waals surface area contributed by atoms with Gasteiger partial charge in [-0.1, -0.05) is 12.1 Å². The van der Waals surface area contributed by atoms with Crippen molar-refractivity contribution in [3.8, 4) is 5.75 Å². The Bertz CT molecular complexity index is 1060. The number of aliphatic carboxylic acids is 1. The van der Waals surface area contributed by atoms with E-state index in [1.807, 2.05) is 0 Å². The molecule has 0 aliphatic carbocycles. The SMILES string of the molecule is NC(CS)C(=O)NC(Cc1ccc(O)cc1)C(=O)N1CCCC1C(=O)NC(Cc1cnc[nH]1)C(=O)O. The van der Waals surface area contributed by atoms with E-state index in [4.69, 9.17) is 5.73 Å². The van der Waals surface area contributed by atoms with Crippen molar-refractivity contribution >= 4 is 36.3 Å². The summed E-state index contributed by atoms with van der Waals surface area (Å²) >= 11 is 4.03. The van der Waals surface area contributed by atoms with Gasteiger partial charge < -0.3 is 36.5 Å². The molecule has 1 aromatic carbocycles. The van der Waals surface area contributed by atoms with Crippen LogP contribution in [0.25, 0.3) is 0 Å². The largest absolute Gasteiger partial charge is 0.508 e. The zero-order chi connectivity index (χ0) is 26.2. The first kappa shape index (κ1) is 27.0. The maximum atomic E-state index is 13.5. The van der Waals surface area contributed by atoms with Gasteiger partial charge in [-0.15, -0.1) is 0 Å². The minimum absolute atomic E-state index is 0.00287. The van der Waals surface area contributed by atoms with Crippen LogP contribution < -0.4 is 16.4 Å². The first-order chi connectivity index (χ1) is 17.2. The van der Waals surface area contributed by atoms with Crippen molar-refractivity contribution in [3.05, 3.63) is 48.0 Å². The van der Waals surface area contributed by atoms with E-state index in [2.05, 4.69) is 33.2 Å². The Morgan fingerprint density at radius 2 is 1.89 bits per heavy atom. The fourth-order valence-electron chi connectivity index (χ4n) is 4.02. The van der Waals surface area contributed by atoms with Gasteiger partial charge in [-0.25, -0.2) is 9.78 Å². The number of phenolic OH excluding ortho intramolecular Hbond substituents is 1. The van der Waals surface area contributed by atoms with Crippen molar-refractivity contribution in [1.82, 2.24) is 25.5 Å². The first-order valence-electron chi connectivity index (χ1n) is 11.4. The van der Waals surface area contributed by atoms with E-state index in [1.54, 1.807) is 12.1 Å². The lowest BCUT2D eigenvalue weighted by atomic mass is 10.0. The number of likely N-dealkylation sites (tertiary alicyclic amines) is 1. The van der Waals surface area contributed by atoms with Crippen molar-refractivity contribution in [2.75, 3.05) is 12.3 Å². The molecule has 1 aliphatic rings. The minimum atomic E-state index is -1.22. The molecule has 36 heavy (non-hydrogen) atoms. The summed E-state index contributed by atoms with van der Waals surface area (Å²) in [6.45, 7) is 0.274. The van der Waals surface area contributed by atoms with E-state index in [9.17, 15) is 29.4 Å². The van der Waals surface area contributed by atoms with Gasteiger partial charge in [0.1, 0.15) is 23.9 Å². The molecule has 4 unspecified atom stereocenters. The number of nitrogens with one attached hydrogen (secondary N) is 3.